The maximum atomic E-state index is 6.18. The molecule has 27 heavy (non-hydrogen) atoms. The normalized spacial score (nSPS) is 23.7. The lowest BCUT2D eigenvalue weighted by molar-refractivity contribution is -0.0135. The second-order valence-electron chi connectivity index (χ2n) is 9.12. The second-order valence-corrected chi connectivity index (χ2v) is 9.12. The van der Waals surface area contributed by atoms with Crippen LogP contribution in [0, 0.1) is 0 Å². The topological polar surface area (TPSA) is 15.7 Å². The molecule has 0 unspecified atom stereocenters. The third kappa shape index (κ3) is 3.51. The van der Waals surface area contributed by atoms with Crippen LogP contribution in [0.5, 0.6) is 0 Å². The van der Waals surface area contributed by atoms with Gasteiger partial charge in [-0.05, 0) is 74.2 Å². The Kier molecular flexibility index (Phi) is 5.13. The summed E-state index contributed by atoms with van der Waals surface area (Å²) in [6.07, 6.45) is 2.95. The number of benzene rings is 2. The van der Waals surface area contributed by atoms with Gasteiger partial charge < -0.3 is 9.64 Å². The molecule has 0 aromatic heterocycles. The Bertz CT molecular complexity index is 849. The maximum absolute atomic E-state index is 6.18. The van der Waals surface area contributed by atoms with Crippen LogP contribution in [0.1, 0.15) is 45.2 Å². The van der Waals surface area contributed by atoms with Crippen molar-refractivity contribution >= 4 is 22.5 Å². The van der Waals surface area contributed by atoms with Crippen LogP contribution >= 0.6 is 0 Å². The molecule has 3 heteroatoms. The zero-order chi connectivity index (χ0) is 20.0. The fourth-order valence-electron chi connectivity index (χ4n) is 4.59. The molecule has 0 N–H and O–H groups in total. The summed E-state index contributed by atoms with van der Waals surface area (Å²) in [5, 5.41) is 2.49. The van der Waals surface area contributed by atoms with Crippen LogP contribution in [0.2, 0.25) is 0 Å². The summed E-state index contributed by atoms with van der Waals surface area (Å²) in [5.74, 6) is 0. The van der Waals surface area contributed by atoms with Crippen molar-refractivity contribution < 1.29 is 4.74 Å². The highest BCUT2D eigenvalue weighted by molar-refractivity contribution is 5.90. The number of fused-ring (bicyclic) bond motifs is 1. The molecule has 1 aliphatic heterocycles. The van der Waals surface area contributed by atoms with Crippen molar-refractivity contribution in [1.82, 2.24) is 4.90 Å². The van der Waals surface area contributed by atoms with Gasteiger partial charge in [0.2, 0.25) is 0 Å². The van der Waals surface area contributed by atoms with E-state index < -0.39 is 0 Å². The van der Waals surface area contributed by atoms with Gasteiger partial charge in [-0.3, -0.25) is 4.90 Å². The standard InChI is InChI=1S/C24H34N2O/c1-9-18-12-20-13-21(11-10-19(20)14-22(18)25(6)7)24(27-8)15-17(2)26(16-24)23(3,4)5/h9-14,17H,1,15-16H2,2-8H3/t17-,24-/m0/s1. The summed E-state index contributed by atoms with van der Waals surface area (Å²) < 4.78 is 6.18. The summed E-state index contributed by atoms with van der Waals surface area (Å²) in [6.45, 7) is 14.1. The SMILES string of the molecule is C=Cc1cc2cc([C@]3(OC)C[C@H](C)N(C(C)(C)C)C3)ccc2cc1N(C)C. The van der Waals surface area contributed by atoms with Crippen molar-refractivity contribution in [2.24, 2.45) is 0 Å². The Morgan fingerprint density at radius 3 is 2.41 bits per heavy atom. The van der Waals surface area contributed by atoms with E-state index in [1.54, 1.807) is 0 Å². The van der Waals surface area contributed by atoms with Gasteiger partial charge in [0, 0.05) is 45.0 Å². The van der Waals surface area contributed by atoms with Gasteiger partial charge in [-0.2, -0.15) is 0 Å². The Morgan fingerprint density at radius 1 is 1.19 bits per heavy atom. The van der Waals surface area contributed by atoms with Gasteiger partial charge in [0.05, 0.1) is 0 Å². The van der Waals surface area contributed by atoms with Gasteiger partial charge >= 0.3 is 0 Å². The summed E-state index contributed by atoms with van der Waals surface area (Å²) in [6, 6.07) is 11.8. The maximum Gasteiger partial charge on any atom is 0.107 e. The zero-order valence-corrected chi connectivity index (χ0v) is 18.0. The van der Waals surface area contributed by atoms with E-state index in [2.05, 4.69) is 88.5 Å². The predicted octanol–water partition coefficient (Wildman–Crippen LogP) is 5.28. The van der Waals surface area contributed by atoms with Crippen LogP contribution < -0.4 is 4.90 Å². The number of likely N-dealkylation sites (tertiary alicyclic amines) is 1. The van der Waals surface area contributed by atoms with Crippen LogP contribution in [-0.4, -0.2) is 44.2 Å². The van der Waals surface area contributed by atoms with Gasteiger partial charge in [-0.1, -0.05) is 24.8 Å². The molecule has 3 nitrogen and oxygen atoms in total. The molecule has 0 spiro atoms. The van der Waals surface area contributed by atoms with E-state index in [1.165, 1.54) is 22.0 Å². The van der Waals surface area contributed by atoms with E-state index in [1.807, 2.05) is 13.2 Å². The third-order valence-corrected chi connectivity index (χ3v) is 6.05. The first-order valence-corrected chi connectivity index (χ1v) is 9.81. The molecule has 0 aliphatic carbocycles. The lowest BCUT2D eigenvalue weighted by Crippen LogP contribution is -2.45. The third-order valence-electron chi connectivity index (χ3n) is 6.05. The van der Waals surface area contributed by atoms with Gasteiger partial charge in [0.1, 0.15) is 5.60 Å². The molecule has 0 saturated carbocycles. The van der Waals surface area contributed by atoms with Crippen LogP contribution in [-0.2, 0) is 10.3 Å². The number of hydrogen-bond acceptors (Lipinski definition) is 3. The number of hydrogen-bond donors (Lipinski definition) is 0. The highest BCUT2D eigenvalue weighted by atomic mass is 16.5. The van der Waals surface area contributed by atoms with Crippen LogP contribution in [0.3, 0.4) is 0 Å². The molecule has 0 bridgehead atoms. The highest BCUT2D eigenvalue weighted by Crippen LogP contribution is 2.42. The van der Waals surface area contributed by atoms with Gasteiger partial charge in [-0.15, -0.1) is 0 Å². The zero-order valence-electron chi connectivity index (χ0n) is 18.0. The number of ether oxygens (including phenoxy) is 1. The molecule has 2 atom stereocenters. The minimum atomic E-state index is -0.255. The molecule has 1 aliphatic rings. The van der Waals surface area contributed by atoms with Gasteiger partial charge in [0.25, 0.3) is 0 Å². The van der Waals surface area contributed by atoms with E-state index in [-0.39, 0.29) is 11.1 Å². The van der Waals surface area contributed by atoms with Crippen molar-refractivity contribution in [1.29, 1.82) is 0 Å². The number of nitrogens with zero attached hydrogens (tertiary/aromatic N) is 2. The monoisotopic (exact) mass is 366 g/mol. The van der Waals surface area contributed by atoms with Crippen molar-refractivity contribution in [3.8, 4) is 0 Å². The number of methoxy groups -OCH3 is 1. The minimum Gasteiger partial charge on any atom is -0.377 e. The number of anilines is 1. The molecule has 146 valence electrons. The number of rotatable bonds is 4. The quantitative estimate of drug-likeness (QED) is 0.732. The average molecular weight is 367 g/mol. The van der Waals surface area contributed by atoms with E-state index >= 15 is 0 Å². The van der Waals surface area contributed by atoms with Gasteiger partial charge in [0.15, 0.2) is 0 Å². The lowest BCUT2D eigenvalue weighted by Gasteiger charge is -2.36. The highest BCUT2D eigenvalue weighted by Gasteiger charge is 2.47. The summed E-state index contributed by atoms with van der Waals surface area (Å²) in [7, 11) is 6.00. The first kappa shape index (κ1) is 19.9. The predicted molar refractivity (Wildman–Crippen MR) is 118 cm³/mol. The van der Waals surface area contributed by atoms with Crippen molar-refractivity contribution in [3.05, 3.63) is 48.0 Å². The van der Waals surface area contributed by atoms with Crippen molar-refractivity contribution in [2.75, 3.05) is 32.6 Å². The van der Waals surface area contributed by atoms with E-state index in [9.17, 15) is 0 Å². The van der Waals surface area contributed by atoms with E-state index in [4.69, 9.17) is 4.74 Å². The van der Waals surface area contributed by atoms with E-state index in [0.29, 0.717) is 6.04 Å². The minimum absolute atomic E-state index is 0.132. The Balaban J connectivity index is 2.08. The fourth-order valence-corrected chi connectivity index (χ4v) is 4.59. The molecule has 1 saturated heterocycles. The summed E-state index contributed by atoms with van der Waals surface area (Å²) in [4.78, 5) is 4.70. The van der Waals surface area contributed by atoms with E-state index in [0.717, 1.165) is 18.5 Å². The molecular formula is C24H34N2O. The molecule has 0 amide bonds. The Labute approximate surface area is 164 Å². The molecule has 2 aromatic rings. The summed E-state index contributed by atoms with van der Waals surface area (Å²) in [5.41, 5.74) is 3.50. The molecule has 0 radical (unpaired) electrons. The molecule has 1 fully saturated rings. The second kappa shape index (κ2) is 6.96. The molecule has 2 aromatic carbocycles. The molecule has 1 heterocycles. The first-order valence-electron chi connectivity index (χ1n) is 9.81. The fraction of sp³-hybridized carbons (Fsp3) is 0.500. The Morgan fingerprint density at radius 2 is 1.89 bits per heavy atom. The largest absolute Gasteiger partial charge is 0.377 e. The van der Waals surface area contributed by atoms with Crippen LogP contribution in [0.25, 0.3) is 16.8 Å². The van der Waals surface area contributed by atoms with Gasteiger partial charge in [-0.25, -0.2) is 0 Å². The summed E-state index contributed by atoms with van der Waals surface area (Å²) >= 11 is 0. The Hall–Kier alpha value is -1.84. The average Bonchev–Trinajstić information content (AvgIpc) is 2.98. The molecular weight excluding hydrogens is 332 g/mol. The molecule has 3 rings (SSSR count). The van der Waals surface area contributed by atoms with Crippen LogP contribution in [0.4, 0.5) is 5.69 Å². The smallest absolute Gasteiger partial charge is 0.107 e. The van der Waals surface area contributed by atoms with Crippen molar-refractivity contribution in [3.63, 3.8) is 0 Å². The van der Waals surface area contributed by atoms with Crippen LogP contribution in [0.15, 0.2) is 36.9 Å². The first-order chi connectivity index (χ1) is 12.6. The van der Waals surface area contributed by atoms with Crippen molar-refractivity contribution in [2.45, 2.75) is 51.3 Å². The lowest BCUT2D eigenvalue weighted by atomic mass is 9.89.